The first-order valence-electron chi connectivity index (χ1n) is 3.56. The van der Waals surface area contributed by atoms with E-state index >= 15 is 0 Å². The molecule has 0 saturated heterocycles. The van der Waals surface area contributed by atoms with E-state index in [4.69, 9.17) is 10.4 Å². The van der Waals surface area contributed by atoms with Gasteiger partial charge in [0.1, 0.15) is 5.76 Å². The zero-order valence-corrected chi connectivity index (χ0v) is 7.05. The van der Waals surface area contributed by atoms with Crippen LogP contribution in [0.1, 0.15) is 17.0 Å². The van der Waals surface area contributed by atoms with Crippen molar-refractivity contribution in [3.05, 3.63) is 17.0 Å². The highest BCUT2D eigenvalue weighted by Gasteiger charge is 2.11. The molecule has 0 atom stereocenters. The summed E-state index contributed by atoms with van der Waals surface area (Å²) < 4.78 is 4.87. The van der Waals surface area contributed by atoms with Gasteiger partial charge in [-0.3, -0.25) is 10.2 Å². The summed E-state index contributed by atoms with van der Waals surface area (Å²) >= 11 is 0. The molecule has 0 spiro atoms. The van der Waals surface area contributed by atoms with Gasteiger partial charge in [-0.2, -0.15) is 0 Å². The number of nitrogens with one attached hydrogen (secondary N) is 1. The molecule has 0 aliphatic carbocycles. The van der Waals surface area contributed by atoms with Crippen LogP contribution in [0.2, 0.25) is 0 Å². The predicted molar refractivity (Wildman–Crippen MR) is 42.0 cm³/mol. The molecule has 0 aliphatic heterocycles. The zero-order chi connectivity index (χ0) is 9.14. The molecule has 1 aromatic heterocycles. The second-order valence-electron chi connectivity index (χ2n) is 2.55. The number of nitrogens with zero attached hydrogens (tertiary/aromatic N) is 1. The summed E-state index contributed by atoms with van der Waals surface area (Å²) in [6.45, 7) is 3.55. The monoisotopic (exact) mass is 169 g/mol. The van der Waals surface area contributed by atoms with E-state index in [1.807, 2.05) is 5.43 Å². The third-order valence-electron chi connectivity index (χ3n) is 1.68. The van der Waals surface area contributed by atoms with Crippen molar-refractivity contribution in [1.29, 1.82) is 0 Å². The molecule has 0 unspecified atom stereocenters. The van der Waals surface area contributed by atoms with Gasteiger partial charge in [-0.05, 0) is 13.8 Å². The fourth-order valence-electron chi connectivity index (χ4n) is 0.966. The summed E-state index contributed by atoms with van der Waals surface area (Å²) in [6.07, 6.45) is 0.220. The Labute approximate surface area is 69.9 Å². The lowest BCUT2D eigenvalue weighted by Crippen LogP contribution is -2.31. The van der Waals surface area contributed by atoms with Gasteiger partial charge in [0.05, 0.1) is 12.1 Å². The van der Waals surface area contributed by atoms with Crippen LogP contribution in [0.15, 0.2) is 4.52 Å². The van der Waals surface area contributed by atoms with Crippen molar-refractivity contribution in [2.75, 3.05) is 0 Å². The fraction of sp³-hybridized carbons (Fsp3) is 0.429. The van der Waals surface area contributed by atoms with Crippen LogP contribution in [0.5, 0.6) is 0 Å². The number of carbonyl (C=O) groups excluding carboxylic acids is 1. The molecule has 1 aromatic rings. The maximum Gasteiger partial charge on any atom is 0.238 e. The lowest BCUT2D eigenvalue weighted by atomic mass is 10.1. The largest absolute Gasteiger partial charge is 0.361 e. The van der Waals surface area contributed by atoms with Gasteiger partial charge in [0.2, 0.25) is 5.91 Å². The van der Waals surface area contributed by atoms with Crippen LogP contribution < -0.4 is 11.3 Å². The number of aryl methyl sites for hydroxylation is 2. The smallest absolute Gasteiger partial charge is 0.238 e. The molecule has 0 radical (unpaired) electrons. The topological polar surface area (TPSA) is 81.2 Å². The van der Waals surface area contributed by atoms with Crippen LogP contribution in [0.3, 0.4) is 0 Å². The van der Waals surface area contributed by atoms with Crippen molar-refractivity contribution in [3.8, 4) is 0 Å². The van der Waals surface area contributed by atoms with E-state index < -0.39 is 0 Å². The van der Waals surface area contributed by atoms with Crippen molar-refractivity contribution in [2.45, 2.75) is 20.3 Å². The lowest BCUT2D eigenvalue weighted by molar-refractivity contribution is -0.120. The van der Waals surface area contributed by atoms with Crippen LogP contribution in [0.4, 0.5) is 0 Å². The summed E-state index contributed by atoms with van der Waals surface area (Å²) in [4.78, 5) is 10.9. The van der Waals surface area contributed by atoms with Crippen LogP contribution in [-0.2, 0) is 11.2 Å². The minimum Gasteiger partial charge on any atom is -0.361 e. The van der Waals surface area contributed by atoms with Gasteiger partial charge in [0.15, 0.2) is 0 Å². The number of hydrogen-bond acceptors (Lipinski definition) is 4. The Balaban J connectivity index is 2.80. The standard InChI is InChI=1S/C7H11N3O2/c1-4-6(3-7(11)9-8)5(2)12-10-4/h3,8H2,1-2H3,(H,9,11). The van der Waals surface area contributed by atoms with Gasteiger partial charge in [-0.25, -0.2) is 5.84 Å². The maximum absolute atomic E-state index is 10.9. The molecule has 1 amide bonds. The van der Waals surface area contributed by atoms with Crippen molar-refractivity contribution >= 4 is 5.91 Å². The highest BCUT2D eigenvalue weighted by atomic mass is 16.5. The Morgan fingerprint density at radius 3 is 2.75 bits per heavy atom. The molecule has 0 saturated carbocycles. The second kappa shape index (κ2) is 3.36. The third kappa shape index (κ3) is 1.62. The fourth-order valence-corrected chi connectivity index (χ4v) is 0.966. The molecule has 66 valence electrons. The Kier molecular flexibility index (Phi) is 2.44. The van der Waals surface area contributed by atoms with Gasteiger partial charge < -0.3 is 4.52 Å². The molecule has 0 bridgehead atoms. The highest BCUT2D eigenvalue weighted by Crippen LogP contribution is 2.12. The van der Waals surface area contributed by atoms with E-state index in [1.54, 1.807) is 13.8 Å². The van der Waals surface area contributed by atoms with E-state index in [9.17, 15) is 4.79 Å². The van der Waals surface area contributed by atoms with Gasteiger partial charge >= 0.3 is 0 Å². The first kappa shape index (κ1) is 8.73. The van der Waals surface area contributed by atoms with E-state index in [-0.39, 0.29) is 12.3 Å². The SMILES string of the molecule is Cc1noc(C)c1CC(=O)NN. The number of hydrogen-bond donors (Lipinski definition) is 2. The molecule has 1 rings (SSSR count). The van der Waals surface area contributed by atoms with E-state index in [1.165, 1.54) is 0 Å². The first-order valence-corrected chi connectivity index (χ1v) is 3.56. The van der Waals surface area contributed by atoms with E-state index in [0.717, 1.165) is 11.3 Å². The molecule has 1 heterocycles. The summed E-state index contributed by atoms with van der Waals surface area (Å²) in [5.41, 5.74) is 3.59. The molecule has 12 heavy (non-hydrogen) atoms. The quantitative estimate of drug-likeness (QED) is 0.365. The molecule has 0 fully saturated rings. The summed E-state index contributed by atoms with van der Waals surface area (Å²) in [7, 11) is 0. The normalized spacial score (nSPS) is 9.92. The summed E-state index contributed by atoms with van der Waals surface area (Å²) in [5.74, 6) is 5.36. The minimum absolute atomic E-state index is 0.220. The number of rotatable bonds is 2. The summed E-state index contributed by atoms with van der Waals surface area (Å²) in [5, 5.41) is 3.71. The molecule has 5 heteroatoms. The summed E-state index contributed by atoms with van der Waals surface area (Å²) in [6, 6.07) is 0. The van der Waals surface area contributed by atoms with Crippen molar-refractivity contribution in [2.24, 2.45) is 5.84 Å². The Hall–Kier alpha value is -1.36. The third-order valence-corrected chi connectivity index (χ3v) is 1.68. The van der Waals surface area contributed by atoms with Gasteiger partial charge in [0.25, 0.3) is 0 Å². The molecule has 3 N–H and O–H groups in total. The van der Waals surface area contributed by atoms with E-state index in [0.29, 0.717) is 5.76 Å². The minimum atomic E-state index is -0.246. The first-order chi connectivity index (χ1) is 5.65. The number of amides is 1. The van der Waals surface area contributed by atoms with Crippen molar-refractivity contribution in [1.82, 2.24) is 10.6 Å². The maximum atomic E-state index is 10.9. The molecule has 0 aromatic carbocycles. The predicted octanol–water partition coefficient (Wildman–Crippen LogP) is -0.176. The Morgan fingerprint density at radius 2 is 2.33 bits per heavy atom. The second-order valence-corrected chi connectivity index (χ2v) is 2.55. The number of hydrazine groups is 1. The highest BCUT2D eigenvalue weighted by molar-refractivity contribution is 5.78. The lowest BCUT2D eigenvalue weighted by Gasteiger charge is -1.97. The van der Waals surface area contributed by atoms with Crippen molar-refractivity contribution in [3.63, 3.8) is 0 Å². The Morgan fingerprint density at radius 1 is 1.67 bits per heavy atom. The Bertz CT molecular complexity index is 273. The number of nitrogens with two attached hydrogens (primary N) is 1. The molecule has 5 nitrogen and oxygen atoms in total. The number of carbonyl (C=O) groups is 1. The number of aromatic nitrogens is 1. The molecule has 0 aliphatic rings. The van der Waals surface area contributed by atoms with E-state index in [2.05, 4.69) is 5.16 Å². The van der Waals surface area contributed by atoms with Crippen LogP contribution >= 0.6 is 0 Å². The van der Waals surface area contributed by atoms with Crippen LogP contribution in [0.25, 0.3) is 0 Å². The average Bonchev–Trinajstić information content (AvgIpc) is 2.35. The molecular formula is C7H11N3O2. The van der Waals surface area contributed by atoms with Crippen LogP contribution in [-0.4, -0.2) is 11.1 Å². The molecular weight excluding hydrogens is 158 g/mol. The van der Waals surface area contributed by atoms with Gasteiger partial charge in [0, 0.05) is 5.56 Å². The van der Waals surface area contributed by atoms with Gasteiger partial charge in [-0.1, -0.05) is 5.16 Å². The van der Waals surface area contributed by atoms with Crippen LogP contribution in [0, 0.1) is 13.8 Å². The van der Waals surface area contributed by atoms with Crippen molar-refractivity contribution < 1.29 is 9.32 Å². The van der Waals surface area contributed by atoms with Gasteiger partial charge in [-0.15, -0.1) is 0 Å². The average molecular weight is 169 g/mol. The zero-order valence-electron chi connectivity index (χ0n) is 7.05.